The van der Waals surface area contributed by atoms with Gasteiger partial charge in [-0.2, -0.15) is 0 Å². The van der Waals surface area contributed by atoms with Crippen LogP contribution in [0.1, 0.15) is 44.9 Å². The molecule has 24 heavy (non-hydrogen) atoms. The lowest BCUT2D eigenvalue weighted by atomic mass is 10.1. The van der Waals surface area contributed by atoms with E-state index in [1.54, 1.807) is 11.3 Å². The molecule has 0 saturated heterocycles. The van der Waals surface area contributed by atoms with Gasteiger partial charge < -0.3 is 4.74 Å². The van der Waals surface area contributed by atoms with Crippen molar-refractivity contribution in [1.29, 1.82) is 0 Å². The summed E-state index contributed by atoms with van der Waals surface area (Å²) >= 11 is 1.56. The third kappa shape index (κ3) is 4.33. The summed E-state index contributed by atoms with van der Waals surface area (Å²) in [5.41, 5.74) is 1.97. The molecule has 4 heteroatoms. The molecular weight excluding hydrogens is 318 g/mol. The highest BCUT2D eigenvalue weighted by Crippen LogP contribution is 2.17. The fraction of sp³-hybridized carbons (Fsp3) is 0.300. The molecule has 1 aliphatic heterocycles. The van der Waals surface area contributed by atoms with Crippen molar-refractivity contribution in [1.82, 2.24) is 0 Å². The highest BCUT2D eigenvalue weighted by Gasteiger charge is 2.09. The van der Waals surface area contributed by atoms with E-state index in [0.29, 0.717) is 13.0 Å². The largest absolute Gasteiger partial charge is 0.476 e. The lowest BCUT2D eigenvalue weighted by Gasteiger charge is -2.00. The molecule has 1 aromatic heterocycles. The Morgan fingerprint density at radius 2 is 2.08 bits per heavy atom. The molecule has 1 aromatic carbocycles. The number of nitrogens with zero attached hydrogens (tertiary/aromatic N) is 1. The van der Waals surface area contributed by atoms with Crippen LogP contribution in [0.2, 0.25) is 0 Å². The molecular formula is C20H19NO2S. The number of rotatable bonds is 5. The zero-order valence-electron chi connectivity index (χ0n) is 13.7. The Labute approximate surface area is 146 Å². The Morgan fingerprint density at radius 3 is 2.75 bits per heavy atom. The van der Waals surface area contributed by atoms with Crippen LogP contribution in [0.5, 0.6) is 0 Å². The van der Waals surface area contributed by atoms with Gasteiger partial charge >= 0.3 is 0 Å². The second-order valence-electron chi connectivity index (χ2n) is 5.60. The molecule has 2 heterocycles. The van der Waals surface area contributed by atoms with Crippen LogP contribution in [-0.4, -0.2) is 24.8 Å². The summed E-state index contributed by atoms with van der Waals surface area (Å²) in [6.45, 7) is 3.42. The number of hydrogen-bond donors (Lipinski definition) is 0. The van der Waals surface area contributed by atoms with Gasteiger partial charge in [0.1, 0.15) is 6.61 Å². The minimum atomic E-state index is 0.219. The van der Waals surface area contributed by atoms with Crippen LogP contribution in [0.25, 0.3) is 0 Å². The average Bonchev–Trinajstić information content (AvgIpc) is 3.26. The zero-order valence-corrected chi connectivity index (χ0v) is 14.5. The number of ketones is 1. The van der Waals surface area contributed by atoms with E-state index in [1.165, 1.54) is 4.88 Å². The molecule has 0 unspecified atom stereocenters. The number of benzene rings is 1. The summed E-state index contributed by atoms with van der Waals surface area (Å²) in [7, 11) is 0. The Hall–Kier alpha value is -2.38. The molecule has 0 fully saturated rings. The van der Waals surface area contributed by atoms with Gasteiger partial charge in [-0.1, -0.05) is 11.8 Å². The van der Waals surface area contributed by atoms with Crippen molar-refractivity contribution in [3.8, 4) is 11.8 Å². The van der Waals surface area contributed by atoms with E-state index in [9.17, 15) is 4.79 Å². The average molecular weight is 337 g/mol. The number of hydrogen-bond acceptors (Lipinski definition) is 4. The van der Waals surface area contributed by atoms with Gasteiger partial charge in [-0.05, 0) is 49.7 Å². The van der Waals surface area contributed by atoms with E-state index in [4.69, 9.17) is 4.74 Å². The summed E-state index contributed by atoms with van der Waals surface area (Å²) in [6.07, 6.45) is 2.09. The van der Waals surface area contributed by atoms with Crippen molar-refractivity contribution in [3.63, 3.8) is 0 Å². The number of Topliss-reactive ketones (excluding diaryl/α,β-unsaturated/α-hetero) is 1. The highest BCUT2D eigenvalue weighted by atomic mass is 32.1. The zero-order chi connectivity index (χ0) is 16.8. The van der Waals surface area contributed by atoms with Gasteiger partial charge in [0, 0.05) is 28.8 Å². The van der Waals surface area contributed by atoms with Crippen molar-refractivity contribution in [2.75, 3.05) is 13.2 Å². The van der Waals surface area contributed by atoms with Gasteiger partial charge in [0.15, 0.2) is 5.78 Å². The molecule has 0 amide bonds. The Bertz CT molecular complexity index is 806. The van der Waals surface area contributed by atoms with Gasteiger partial charge in [-0.25, -0.2) is 4.99 Å². The van der Waals surface area contributed by atoms with Gasteiger partial charge in [-0.15, -0.1) is 11.3 Å². The van der Waals surface area contributed by atoms with Crippen LogP contribution in [-0.2, 0) is 4.74 Å². The summed E-state index contributed by atoms with van der Waals surface area (Å²) in [4.78, 5) is 18.3. The number of ether oxygens (including phenoxy) is 1. The standard InChI is InChI=1S/C20H19NO2S/c1-15-7-12-19(24-15)18(22)6-4-2-3-5-16-8-10-17(11-9-16)20-21-13-14-23-20/h7-12H,2,4,6,13-14H2,1H3. The number of aliphatic imine (C=N–C) groups is 1. The van der Waals surface area contributed by atoms with Crippen LogP contribution in [0, 0.1) is 18.8 Å². The van der Waals surface area contributed by atoms with Crippen molar-refractivity contribution in [2.24, 2.45) is 4.99 Å². The second kappa shape index (κ2) is 7.94. The normalized spacial score (nSPS) is 13.0. The van der Waals surface area contributed by atoms with Crippen molar-refractivity contribution in [3.05, 3.63) is 57.3 Å². The van der Waals surface area contributed by atoms with Crippen LogP contribution < -0.4 is 0 Å². The predicted molar refractivity (Wildman–Crippen MR) is 97.9 cm³/mol. The number of carbonyl (C=O) groups excluding carboxylic acids is 1. The second-order valence-corrected chi connectivity index (χ2v) is 6.89. The molecule has 0 aliphatic carbocycles. The molecule has 0 N–H and O–H groups in total. The van der Waals surface area contributed by atoms with Gasteiger partial charge in [-0.3, -0.25) is 4.79 Å². The number of unbranched alkanes of at least 4 members (excludes halogenated alkanes) is 1. The molecule has 2 aromatic rings. The lowest BCUT2D eigenvalue weighted by Crippen LogP contribution is -2.00. The van der Waals surface area contributed by atoms with Crippen LogP contribution in [0.4, 0.5) is 0 Å². The summed E-state index contributed by atoms with van der Waals surface area (Å²) in [5, 5.41) is 0. The topological polar surface area (TPSA) is 38.7 Å². The maximum absolute atomic E-state index is 12.0. The number of aryl methyl sites for hydroxylation is 1. The first-order valence-electron chi connectivity index (χ1n) is 8.08. The number of carbonyl (C=O) groups is 1. The molecule has 1 aliphatic rings. The minimum Gasteiger partial charge on any atom is -0.476 e. The molecule has 3 rings (SSSR count). The third-order valence-corrected chi connectivity index (χ3v) is 4.71. The fourth-order valence-corrected chi connectivity index (χ4v) is 3.25. The predicted octanol–water partition coefficient (Wildman–Crippen LogP) is 4.24. The van der Waals surface area contributed by atoms with E-state index in [-0.39, 0.29) is 5.78 Å². The first kappa shape index (κ1) is 16.5. The minimum absolute atomic E-state index is 0.219. The van der Waals surface area contributed by atoms with E-state index in [2.05, 4.69) is 16.8 Å². The van der Waals surface area contributed by atoms with Crippen molar-refractivity contribution >= 4 is 23.0 Å². The van der Waals surface area contributed by atoms with Gasteiger partial charge in [0.05, 0.1) is 11.4 Å². The first-order valence-corrected chi connectivity index (χ1v) is 8.90. The van der Waals surface area contributed by atoms with E-state index in [1.807, 2.05) is 43.3 Å². The van der Waals surface area contributed by atoms with Crippen LogP contribution in [0.15, 0.2) is 41.4 Å². The van der Waals surface area contributed by atoms with Crippen molar-refractivity contribution in [2.45, 2.75) is 26.2 Å². The molecule has 3 nitrogen and oxygen atoms in total. The highest BCUT2D eigenvalue weighted by molar-refractivity contribution is 7.14. The number of thiophene rings is 1. The molecule has 122 valence electrons. The fourth-order valence-electron chi connectivity index (χ4n) is 2.42. The van der Waals surface area contributed by atoms with E-state index < -0.39 is 0 Å². The van der Waals surface area contributed by atoms with E-state index >= 15 is 0 Å². The van der Waals surface area contributed by atoms with Crippen molar-refractivity contribution < 1.29 is 9.53 Å². The van der Waals surface area contributed by atoms with Crippen LogP contribution >= 0.6 is 11.3 Å². The Morgan fingerprint density at radius 1 is 1.25 bits per heavy atom. The summed E-state index contributed by atoms with van der Waals surface area (Å²) < 4.78 is 5.44. The maximum atomic E-state index is 12.0. The Kier molecular flexibility index (Phi) is 5.45. The summed E-state index contributed by atoms with van der Waals surface area (Å²) in [5.74, 6) is 7.22. The smallest absolute Gasteiger partial charge is 0.216 e. The lowest BCUT2D eigenvalue weighted by molar-refractivity contribution is 0.0984. The molecule has 0 bridgehead atoms. The van der Waals surface area contributed by atoms with E-state index in [0.717, 1.165) is 41.3 Å². The SMILES string of the molecule is Cc1ccc(C(=O)CCCC#Cc2ccc(C3=NCCO3)cc2)s1. The molecule has 0 saturated carbocycles. The van der Waals surface area contributed by atoms with Crippen LogP contribution in [0.3, 0.4) is 0 Å². The van der Waals surface area contributed by atoms with Gasteiger partial charge in [0.2, 0.25) is 5.90 Å². The first-order chi connectivity index (χ1) is 11.7. The Balaban J connectivity index is 1.46. The monoisotopic (exact) mass is 337 g/mol. The quantitative estimate of drug-likeness (QED) is 0.465. The molecule has 0 radical (unpaired) electrons. The maximum Gasteiger partial charge on any atom is 0.216 e. The molecule has 0 spiro atoms. The third-order valence-electron chi connectivity index (χ3n) is 3.67. The van der Waals surface area contributed by atoms with Gasteiger partial charge in [0.25, 0.3) is 0 Å². The summed E-state index contributed by atoms with van der Waals surface area (Å²) in [6, 6.07) is 11.8. The molecule has 0 atom stereocenters.